The van der Waals surface area contributed by atoms with Gasteiger partial charge < -0.3 is 10.1 Å². The molecule has 0 aliphatic heterocycles. The van der Waals surface area contributed by atoms with Gasteiger partial charge in [-0.05, 0) is 5.56 Å². The summed E-state index contributed by atoms with van der Waals surface area (Å²) in [5, 5.41) is 4.04. The predicted molar refractivity (Wildman–Crippen MR) is 53.9 cm³/mol. The van der Waals surface area contributed by atoms with E-state index in [1.165, 1.54) is 0 Å². The largest absolute Gasteiger partial charge is 1.00 e. The van der Waals surface area contributed by atoms with E-state index in [0.29, 0.717) is 5.56 Å². The fraction of sp³-hybridized carbons (Fsp3) is 0.364. The molecule has 0 heterocycles. The molecule has 1 amide bonds. The Labute approximate surface area is 97.3 Å². The van der Waals surface area contributed by atoms with Crippen molar-refractivity contribution in [1.29, 1.82) is 0 Å². The molecule has 0 aliphatic carbocycles. The van der Waals surface area contributed by atoms with E-state index in [4.69, 9.17) is 0 Å². The van der Waals surface area contributed by atoms with Crippen LogP contribution in [0.4, 0.5) is 0 Å². The van der Waals surface area contributed by atoms with Gasteiger partial charge in [-0.25, -0.2) is 0 Å². The van der Waals surface area contributed by atoms with Crippen molar-refractivity contribution in [2.45, 2.75) is 26.3 Å². The van der Waals surface area contributed by atoms with Gasteiger partial charge in [0, 0.05) is 0 Å². The first-order valence-electron chi connectivity index (χ1n) is 4.31. The SMILES string of the molecule is CC(C)(C)[N-]C(=O)c1ccccc1.[Li+]. The normalized spacial score (nSPS) is 10.2. The van der Waals surface area contributed by atoms with Gasteiger partial charge in [-0.1, -0.05) is 51.1 Å². The van der Waals surface area contributed by atoms with Crippen LogP contribution in [0.15, 0.2) is 30.3 Å². The van der Waals surface area contributed by atoms with Gasteiger partial charge in [0.2, 0.25) is 0 Å². The van der Waals surface area contributed by atoms with E-state index in [-0.39, 0.29) is 30.3 Å². The topological polar surface area (TPSA) is 31.2 Å². The Morgan fingerprint density at radius 2 is 1.64 bits per heavy atom. The molecule has 70 valence electrons. The maximum absolute atomic E-state index is 11.5. The van der Waals surface area contributed by atoms with Crippen LogP contribution < -0.4 is 18.9 Å². The molecule has 0 aromatic heterocycles. The maximum atomic E-state index is 11.5. The first kappa shape index (κ1) is 13.3. The second-order valence-electron chi connectivity index (χ2n) is 3.95. The molecule has 3 heteroatoms. The number of nitrogens with zero attached hydrogens (tertiary/aromatic N) is 1. The van der Waals surface area contributed by atoms with Crippen molar-refractivity contribution in [3.8, 4) is 0 Å². The van der Waals surface area contributed by atoms with Crippen LogP contribution >= 0.6 is 0 Å². The number of hydrogen-bond acceptors (Lipinski definition) is 1. The van der Waals surface area contributed by atoms with Crippen LogP contribution in [0.25, 0.3) is 5.32 Å². The summed E-state index contributed by atoms with van der Waals surface area (Å²) < 4.78 is 0. The Balaban J connectivity index is 0.00000169. The third-order valence-electron chi connectivity index (χ3n) is 1.46. The summed E-state index contributed by atoms with van der Waals surface area (Å²) in [6.45, 7) is 5.73. The minimum Gasteiger partial charge on any atom is -0.644 e. The van der Waals surface area contributed by atoms with Crippen molar-refractivity contribution in [2.24, 2.45) is 0 Å². The van der Waals surface area contributed by atoms with E-state index in [0.717, 1.165) is 0 Å². The van der Waals surface area contributed by atoms with Crippen molar-refractivity contribution in [3.63, 3.8) is 0 Å². The minimum absolute atomic E-state index is 0. The van der Waals surface area contributed by atoms with E-state index in [2.05, 4.69) is 5.32 Å². The maximum Gasteiger partial charge on any atom is 1.00 e. The second-order valence-corrected chi connectivity index (χ2v) is 3.95. The van der Waals surface area contributed by atoms with Crippen molar-refractivity contribution in [1.82, 2.24) is 0 Å². The predicted octanol–water partition coefficient (Wildman–Crippen LogP) is 0.00300. The zero-order chi connectivity index (χ0) is 9.90. The van der Waals surface area contributed by atoms with Crippen molar-refractivity contribution in [2.75, 3.05) is 0 Å². The van der Waals surface area contributed by atoms with Crippen LogP contribution in [0.3, 0.4) is 0 Å². The van der Waals surface area contributed by atoms with Gasteiger partial charge >= 0.3 is 18.9 Å². The minimum atomic E-state index is -0.299. The van der Waals surface area contributed by atoms with Crippen LogP contribution in [-0.4, -0.2) is 11.4 Å². The molecule has 0 saturated heterocycles. The first-order chi connectivity index (χ1) is 5.99. The summed E-state index contributed by atoms with van der Waals surface area (Å²) in [4.78, 5) is 11.5. The first-order valence-corrected chi connectivity index (χ1v) is 4.31. The smallest absolute Gasteiger partial charge is 0.644 e. The molecule has 0 spiro atoms. The molecule has 1 rings (SSSR count). The number of carbonyl (C=O) groups excluding carboxylic acids is 1. The number of amides is 1. The third kappa shape index (κ3) is 4.50. The Kier molecular flexibility index (Phi) is 4.97. The summed E-state index contributed by atoms with van der Waals surface area (Å²) in [5.74, 6) is -0.145. The molecule has 2 nitrogen and oxygen atoms in total. The standard InChI is InChI=1S/C11H15NO.Li/c1-11(2,3)12-10(13)9-7-5-4-6-8-9;/h4-8H,1-3H3,(H,12,13);/q;+1/p-1. The number of hydrogen-bond donors (Lipinski definition) is 0. The zero-order valence-corrected chi connectivity index (χ0v) is 9.24. The van der Waals surface area contributed by atoms with Crippen LogP contribution in [0.5, 0.6) is 0 Å². The molecule has 14 heavy (non-hydrogen) atoms. The van der Waals surface area contributed by atoms with Gasteiger partial charge in [0.1, 0.15) is 0 Å². The van der Waals surface area contributed by atoms with E-state index < -0.39 is 0 Å². The average Bonchev–Trinajstić information content (AvgIpc) is 2.03. The van der Waals surface area contributed by atoms with Crippen molar-refractivity contribution in [3.05, 3.63) is 41.2 Å². The summed E-state index contributed by atoms with van der Waals surface area (Å²) in [6, 6.07) is 9.11. The van der Waals surface area contributed by atoms with Crippen LogP contribution in [0.2, 0.25) is 0 Å². The van der Waals surface area contributed by atoms with Crippen LogP contribution in [0, 0.1) is 0 Å². The number of carbonyl (C=O) groups is 1. The van der Waals surface area contributed by atoms with E-state index in [1.807, 2.05) is 39.0 Å². The van der Waals surface area contributed by atoms with Crippen LogP contribution in [0.1, 0.15) is 31.1 Å². The summed E-state index contributed by atoms with van der Waals surface area (Å²) in [7, 11) is 0. The van der Waals surface area contributed by atoms with Gasteiger partial charge in [0.05, 0.1) is 5.91 Å². The molecule has 0 N–H and O–H groups in total. The summed E-state index contributed by atoms with van der Waals surface area (Å²) in [5.41, 5.74) is 0.352. The Morgan fingerprint density at radius 3 is 2.07 bits per heavy atom. The molecule has 0 radical (unpaired) electrons. The third-order valence-corrected chi connectivity index (χ3v) is 1.46. The van der Waals surface area contributed by atoms with Gasteiger partial charge in [0.15, 0.2) is 0 Å². The van der Waals surface area contributed by atoms with Gasteiger partial charge in [-0.3, -0.25) is 0 Å². The van der Waals surface area contributed by atoms with Crippen molar-refractivity contribution >= 4 is 5.91 Å². The Bertz CT molecular complexity index is 290. The number of benzene rings is 1. The fourth-order valence-electron chi connectivity index (χ4n) is 0.950. The molecule has 1 aromatic carbocycles. The molecule has 0 aliphatic rings. The fourth-order valence-corrected chi connectivity index (χ4v) is 0.950. The summed E-state index contributed by atoms with van der Waals surface area (Å²) >= 11 is 0. The van der Waals surface area contributed by atoms with Gasteiger partial charge in [0.25, 0.3) is 0 Å². The van der Waals surface area contributed by atoms with E-state index in [1.54, 1.807) is 12.1 Å². The van der Waals surface area contributed by atoms with Gasteiger partial charge in [-0.2, -0.15) is 0 Å². The molecule has 1 aromatic rings. The Morgan fingerprint density at radius 1 is 1.14 bits per heavy atom. The number of rotatable bonds is 1. The Hall–Kier alpha value is -0.713. The second kappa shape index (κ2) is 5.24. The van der Waals surface area contributed by atoms with Crippen LogP contribution in [-0.2, 0) is 0 Å². The molecule has 0 bridgehead atoms. The van der Waals surface area contributed by atoms with Gasteiger partial charge in [-0.15, -0.1) is 5.54 Å². The zero-order valence-electron chi connectivity index (χ0n) is 9.24. The summed E-state index contributed by atoms with van der Waals surface area (Å²) in [6.07, 6.45) is 0. The van der Waals surface area contributed by atoms with E-state index >= 15 is 0 Å². The molecule has 0 atom stereocenters. The average molecular weight is 183 g/mol. The molecule has 0 fully saturated rings. The quantitative estimate of drug-likeness (QED) is 0.564. The van der Waals surface area contributed by atoms with Crippen molar-refractivity contribution < 1.29 is 23.7 Å². The molecular weight excluding hydrogens is 169 g/mol. The monoisotopic (exact) mass is 183 g/mol. The van der Waals surface area contributed by atoms with E-state index in [9.17, 15) is 4.79 Å². The molecule has 0 saturated carbocycles. The molecular formula is C11H14LiNO. The molecule has 0 unspecified atom stereocenters.